The van der Waals surface area contributed by atoms with E-state index in [-0.39, 0.29) is 11.8 Å². The van der Waals surface area contributed by atoms with E-state index >= 15 is 0 Å². The summed E-state index contributed by atoms with van der Waals surface area (Å²) in [4.78, 5) is 24.4. The van der Waals surface area contributed by atoms with Crippen LogP contribution in [0.25, 0.3) is 5.52 Å². The number of amides is 1. The van der Waals surface area contributed by atoms with Crippen molar-refractivity contribution in [3.63, 3.8) is 0 Å². The van der Waals surface area contributed by atoms with E-state index in [1.54, 1.807) is 29.8 Å². The molecule has 0 aliphatic heterocycles. The highest BCUT2D eigenvalue weighted by molar-refractivity contribution is 5.98. The molecule has 0 aromatic carbocycles. The summed E-state index contributed by atoms with van der Waals surface area (Å²) in [5, 5.41) is 7.10. The first-order chi connectivity index (χ1) is 11.6. The Hall–Kier alpha value is -2.37. The van der Waals surface area contributed by atoms with Crippen LogP contribution in [0.5, 0.6) is 0 Å². The molecule has 24 heavy (non-hydrogen) atoms. The average Bonchev–Trinajstić information content (AvgIpc) is 2.98. The van der Waals surface area contributed by atoms with Crippen LogP contribution in [0, 0.1) is 5.92 Å². The van der Waals surface area contributed by atoms with E-state index in [2.05, 4.69) is 24.3 Å². The van der Waals surface area contributed by atoms with E-state index in [4.69, 9.17) is 4.74 Å². The third-order valence-corrected chi connectivity index (χ3v) is 3.93. The molecule has 2 rings (SSSR count). The Balaban J connectivity index is 2.21. The second-order valence-electron chi connectivity index (χ2n) is 5.79. The number of aromatic nitrogens is 2. The molecule has 0 saturated carbocycles. The van der Waals surface area contributed by atoms with E-state index in [1.807, 2.05) is 0 Å². The second-order valence-corrected chi connectivity index (χ2v) is 5.79. The summed E-state index contributed by atoms with van der Waals surface area (Å²) >= 11 is 0. The number of ether oxygens (including phenoxy) is 1. The van der Waals surface area contributed by atoms with Crippen LogP contribution in [0.1, 0.15) is 56.8 Å². The summed E-state index contributed by atoms with van der Waals surface area (Å²) < 4.78 is 6.63. The number of nitrogens with zero attached hydrogens (tertiary/aromatic N) is 2. The number of hydrogen-bond acceptors (Lipinski definition) is 4. The van der Waals surface area contributed by atoms with E-state index in [9.17, 15) is 9.59 Å². The third kappa shape index (κ3) is 4.13. The molecule has 0 saturated heterocycles. The molecule has 0 spiro atoms. The van der Waals surface area contributed by atoms with Gasteiger partial charge in [-0.1, -0.05) is 26.7 Å². The Morgan fingerprint density at radius 3 is 2.58 bits per heavy atom. The number of nitrogens with one attached hydrogen (secondary N) is 1. The smallest absolute Gasteiger partial charge is 0.341 e. The first kappa shape index (κ1) is 18.0. The first-order valence-electron chi connectivity index (χ1n) is 8.56. The van der Waals surface area contributed by atoms with Crippen molar-refractivity contribution in [3.05, 3.63) is 30.1 Å². The SMILES string of the molecule is CCCC(CCC)C(=O)Nc1ccn2ncc(C(=O)OCC)c2c1. The minimum absolute atomic E-state index is 0.0191. The minimum atomic E-state index is -0.411. The van der Waals surface area contributed by atoms with E-state index < -0.39 is 5.97 Å². The lowest BCUT2D eigenvalue weighted by Crippen LogP contribution is -2.22. The van der Waals surface area contributed by atoms with Crippen molar-refractivity contribution in [2.45, 2.75) is 46.5 Å². The molecule has 6 nitrogen and oxygen atoms in total. The Labute approximate surface area is 142 Å². The molecule has 0 atom stereocenters. The Kier molecular flexibility index (Phi) is 6.35. The zero-order chi connectivity index (χ0) is 17.5. The summed E-state index contributed by atoms with van der Waals surface area (Å²) in [6.07, 6.45) is 6.92. The predicted octanol–water partition coefficient (Wildman–Crippen LogP) is 3.67. The minimum Gasteiger partial charge on any atom is -0.462 e. The standard InChI is InChI=1S/C18H25N3O3/c1-4-7-13(8-5-2)17(22)20-14-9-10-21-16(11-14)15(12-19-21)18(23)24-6-3/h9-13H,4-8H2,1-3H3,(H,20,22). The Morgan fingerprint density at radius 1 is 1.25 bits per heavy atom. The molecule has 0 bridgehead atoms. The van der Waals surface area contributed by atoms with Gasteiger partial charge in [-0.05, 0) is 31.9 Å². The largest absolute Gasteiger partial charge is 0.462 e. The molecule has 0 fully saturated rings. The number of rotatable bonds is 8. The highest BCUT2D eigenvalue weighted by Gasteiger charge is 2.18. The summed E-state index contributed by atoms with van der Waals surface area (Å²) in [6.45, 7) is 6.24. The molecule has 0 radical (unpaired) electrons. The number of anilines is 1. The maximum Gasteiger partial charge on any atom is 0.341 e. The van der Waals surface area contributed by atoms with Crippen molar-refractivity contribution in [3.8, 4) is 0 Å². The number of hydrogen-bond donors (Lipinski definition) is 1. The van der Waals surface area contributed by atoms with Gasteiger partial charge in [0, 0.05) is 17.8 Å². The summed E-state index contributed by atoms with van der Waals surface area (Å²) in [5.74, 6) is -0.364. The molecule has 2 heterocycles. The Bertz CT molecular complexity index is 703. The molecule has 2 aromatic rings. The van der Waals surface area contributed by atoms with Crippen LogP contribution in [0.4, 0.5) is 5.69 Å². The van der Waals surface area contributed by atoms with Crippen molar-refractivity contribution in [2.75, 3.05) is 11.9 Å². The number of carbonyl (C=O) groups is 2. The highest BCUT2D eigenvalue weighted by Crippen LogP contribution is 2.20. The molecular formula is C18H25N3O3. The van der Waals surface area contributed by atoms with Gasteiger partial charge in [0.05, 0.1) is 18.3 Å². The maximum atomic E-state index is 12.5. The lowest BCUT2D eigenvalue weighted by molar-refractivity contribution is -0.120. The van der Waals surface area contributed by atoms with E-state index in [1.165, 1.54) is 6.20 Å². The summed E-state index contributed by atoms with van der Waals surface area (Å²) in [5.41, 5.74) is 1.68. The zero-order valence-corrected chi connectivity index (χ0v) is 14.5. The summed E-state index contributed by atoms with van der Waals surface area (Å²) in [6, 6.07) is 3.54. The van der Waals surface area contributed by atoms with E-state index in [0.29, 0.717) is 23.4 Å². The van der Waals surface area contributed by atoms with Gasteiger partial charge in [0.2, 0.25) is 5.91 Å². The monoisotopic (exact) mass is 331 g/mol. The normalized spacial score (nSPS) is 11.0. The quantitative estimate of drug-likeness (QED) is 0.749. The van der Waals surface area contributed by atoms with Gasteiger partial charge in [-0.25, -0.2) is 9.31 Å². The van der Waals surface area contributed by atoms with Gasteiger partial charge in [-0.2, -0.15) is 5.10 Å². The van der Waals surface area contributed by atoms with Gasteiger partial charge in [0.25, 0.3) is 0 Å². The molecular weight excluding hydrogens is 306 g/mol. The number of fused-ring (bicyclic) bond motifs is 1. The lowest BCUT2D eigenvalue weighted by Gasteiger charge is -2.15. The second kappa shape index (κ2) is 8.47. The number of esters is 1. The van der Waals surface area contributed by atoms with Crippen molar-refractivity contribution in [1.82, 2.24) is 9.61 Å². The summed E-state index contributed by atoms with van der Waals surface area (Å²) in [7, 11) is 0. The van der Waals surface area contributed by atoms with Crippen molar-refractivity contribution in [1.29, 1.82) is 0 Å². The van der Waals surface area contributed by atoms with Crippen LogP contribution < -0.4 is 5.32 Å². The number of pyridine rings is 1. The molecule has 0 aliphatic carbocycles. The first-order valence-corrected chi connectivity index (χ1v) is 8.56. The topological polar surface area (TPSA) is 72.7 Å². The third-order valence-electron chi connectivity index (χ3n) is 3.93. The number of carbonyl (C=O) groups excluding carboxylic acids is 2. The lowest BCUT2D eigenvalue weighted by atomic mass is 9.97. The van der Waals surface area contributed by atoms with Crippen LogP contribution in [-0.4, -0.2) is 28.1 Å². The highest BCUT2D eigenvalue weighted by atomic mass is 16.5. The average molecular weight is 331 g/mol. The molecule has 2 aromatic heterocycles. The molecule has 6 heteroatoms. The van der Waals surface area contributed by atoms with Crippen LogP contribution in [0.2, 0.25) is 0 Å². The van der Waals surface area contributed by atoms with Gasteiger partial charge in [0.15, 0.2) is 0 Å². The van der Waals surface area contributed by atoms with Gasteiger partial charge in [-0.3, -0.25) is 4.79 Å². The van der Waals surface area contributed by atoms with Gasteiger partial charge < -0.3 is 10.1 Å². The molecule has 0 aliphatic rings. The van der Waals surface area contributed by atoms with Crippen LogP contribution in [0.15, 0.2) is 24.5 Å². The molecule has 1 amide bonds. The van der Waals surface area contributed by atoms with Crippen LogP contribution in [0.3, 0.4) is 0 Å². The molecule has 0 unspecified atom stereocenters. The van der Waals surface area contributed by atoms with Gasteiger partial charge in [-0.15, -0.1) is 0 Å². The fourth-order valence-corrected chi connectivity index (χ4v) is 2.77. The van der Waals surface area contributed by atoms with Crippen LogP contribution in [-0.2, 0) is 9.53 Å². The zero-order valence-electron chi connectivity index (χ0n) is 14.5. The van der Waals surface area contributed by atoms with Crippen molar-refractivity contribution < 1.29 is 14.3 Å². The van der Waals surface area contributed by atoms with Crippen molar-refractivity contribution in [2.24, 2.45) is 5.92 Å². The van der Waals surface area contributed by atoms with E-state index in [0.717, 1.165) is 25.7 Å². The van der Waals surface area contributed by atoms with Gasteiger partial charge in [0.1, 0.15) is 5.56 Å². The maximum absolute atomic E-state index is 12.5. The Morgan fingerprint density at radius 2 is 1.96 bits per heavy atom. The molecule has 130 valence electrons. The predicted molar refractivity (Wildman–Crippen MR) is 93.1 cm³/mol. The fraction of sp³-hybridized carbons (Fsp3) is 0.500. The fourth-order valence-electron chi connectivity index (χ4n) is 2.77. The van der Waals surface area contributed by atoms with Crippen molar-refractivity contribution >= 4 is 23.1 Å². The van der Waals surface area contributed by atoms with Gasteiger partial charge >= 0.3 is 5.97 Å². The molecule has 1 N–H and O–H groups in total. The van der Waals surface area contributed by atoms with Crippen LogP contribution >= 0.6 is 0 Å².